The Morgan fingerprint density at radius 2 is 1.86 bits per heavy atom. The van der Waals surface area contributed by atoms with E-state index in [-0.39, 0.29) is 42.1 Å². The smallest absolute Gasteiger partial charge is 0.276 e. The number of rotatable bonds is 12. The number of carbonyl (C=O) groups excluding carboxylic acids is 4. The number of carbonyl (C=O) groups is 4. The largest absolute Gasteiger partial charge is 0.380 e. The van der Waals surface area contributed by atoms with Gasteiger partial charge in [-0.05, 0) is 54.6 Å². The number of halogens is 1. The lowest BCUT2D eigenvalue weighted by Gasteiger charge is -2.40. The molecule has 0 unspecified atom stereocenters. The molecule has 2 fully saturated rings. The molecule has 1 aliphatic heterocycles. The van der Waals surface area contributed by atoms with Crippen molar-refractivity contribution >= 4 is 29.7 Å². The van der Waals surface area contributed by atoms with Crippen molar-refractivity contribution < 1.29 is 28.2 Å². The fraction of sp³-hybridized carbons (Fsp3) is 0.613. The van der Waals surface area contributed by atoms with E-state index in [1.54, 1.807) is 30.9 Å². The van der Waals surface area contributed by atoms with Crippen LogP contribution in [0.15, 0.2) is 29.0 Å². The molecule has 0 radical (unpaired) electrons. The van der Waals surface area contributed by atoms with E-state index >= 15 is 4.39 Å². The predicted octanol–water partition coefficient (Wildman–Crippen LogP) is 2.59. The highest BCUT2D eigenvalue weighted by Gasteiger charge is 2.42. The van der Waals surface area contributed by atoms with Gasteiger partial charge in [0.15, 0.2) is 5.69 Å². The Labute approximate surface area is 257 Å². The first-order chi connectivity index (χ1) is 21.1. The second kappa shape index (κ2) is 14.7. The summed E-state index contributed by atoms with van der Waals surface area (Å²) in [6.45, 7) is 8.21. The Morgan fingerprint density at radius 3 is 2.45 bits per heavy atom. The van der Waals surface area contributed by atoms with Gasteiger partial charge in [-0.1, -0.05) is 44.8 Å². The van der Waals surface area contributed by atoms with Crippen LogP contribution in [0.5, 0.6) is 0 Å². The van der Waals surface area contributed by atoms with Gasteiger partial charge in [0.2, 0.25) is 11.8 Å². The van der Waals surface area contributed by atoms with Gasteiger partial charge in [-0.25, -0.2) is 9.02 Å². The summed E-state index contributed by atoms with van der Waals surface area (Å²) in [6, 6.07) is 3.77. The number of hydrogen-bond acceptors (Lipinski definition) is 9. The van der Waals surface area contributed by atoms with Gasteiger partial charge in [-0.2, -0.15) is 0 Å². The second-order valence-electron chi connectivity index (χ2n) is 12.3. The van der Waals surface area contributed by atoms with Gasteiger partial charge in [0.05, 0.1) is 5.69 Å². The molecule has 1 aromatic heterocycles. The Bertz CT molecular complexity index is 1290. The van der Waals surface area contributed by atoms with Crippen LogP contribution in [0, 0.1) is 17.7 Å². The van der Waals surface area contributed by atoms with Crippen molar-refractivity contribution in [2.24, 2.45) is 11.8 Å². The standard InChI is InChI=1S/C31H44FN7O5/c1-5-27(41)35-28(30(43)39-14-12-38(4)13-15-39)21(3)22-8-11-25(24(32)16-22)33-18-31(19-40,23-9-6-20(2)7-10-23)36-29(42)26-17-34-44-37-26/h8,11,16-17,19-21,23,28,33H,5-7,9-10,12-15,18H2,1-4H3,(H,35,41)(H,36,42)/t20?,21-,23?,28+,31+/m0/s1. The summed E-state index contributed by atoms with van der Waals surface area (Å²) in [5.74, 6) is -1.78. The molecule has 0 spiro atoms. The molecule has 2 heterocycles. The number of nitrogens with one attached hydrogen (secondary N) is 3. The fourth-order valence-electron chi connectivity index (χ4n) is 6.06. The van der Waals surface area contributed by atoms with E-state index < -0.39 is 29.2 Å². The van der Waals surface area contributed by atoms with Crippen molar-refractivity contribution in [1.82, 2.24) is 30.7 Å². The van der Waals surface area contributed by atoms with Gasteiger partial charge in [0.1, 0.15) is 29.9 Å². The molecule has 1 aromatic carbocycles. The van der Waals surface area contributed by atoms with E-state index in [0.717, 1.165) is 45.1 Å². The Hall–Kier alpha value is -3.87. The van der Waals surface area contributed by atoms with Gasteiger partial charge >= 0.3 is 0 Å². The summed E-state index contributed by atoms with van der Waals surface area (Å²) in [5.41, 5.74) is -0.681. The molecule has 2 aromatic rings. The highest BCUT2D eigenvalue weighted by atomic mass is 19.1. The molecule has 3 atom stereocenters. The maximum Gasteiger partial charge on any atom is 0.276 e. The topological polar surface area (TPSA) is 150 Å². The molecule has 1 saturated carbocycles. The highest BCUT2D eigenvalue weighted by Crippen LogP contribution is 2.35. The molecule has 1 saturated heterocycles. The van der Waals surface area contributed by atoms with Crippen LogP contribution in [0.25, 0.3) is 0 Å². The average Bonchev–Trinajstić information content (AvgIpc) is 3.58. The molecule has 3 amide bonds. The maximum absolute atomic E-state index is 15.6. The summed E-state index contributed by atoms with van der Waals surface area (Å²) in [5, 5.41) is 15.8. The van der Waals surface area contributed by atoms with E-state index in [9.17, 15) is 19.2 Å². The van der Waals surface area contributed by atoms with Crippen LogP contribution < -0.4 is 16.0 Å². The van der Waals surface area contributed by atoms with Crippen LogP contribution in [-0.2, 0) is 14.4 Å². The van der Waals surface area contributed by atoms with E-state index in [4.69, 9.17) is 0 Å². The van der Waals surface area contributed by atoms with Gasteiger partial charge in [0.25, 0.3) is 5.91 Å². The van der Waals surface area contributed by atoms with Crippen molar-refractivity contribution in [3.63, 3.8) is 0 Å². The third kappa shape index (κ3) is 7.79. The number of hydrogen-bond donors (Lipinski definition) is 3. The zero-order chi connectivity index (χ0) is 31.9. The van der Waals surface area contributed by atoms with Crippen LogP contribution in [0.1, 0.15) is 74.8 Å². The number of benzene rings is 1. The van der Waals surface area contributed by atoms with Crippen molar-refractivity contribution in [2.45, 2.75) is 70.4 Å². The molecular weight excluding hydrogens is 569 g/mol. The minimum absolute atomic E-state index is 0.0462. The van der Waals surface area contributed by atoms with Crippen molar-refractivity contribution in [1.29, 1.82) is 0 Å². The van der Waals surface area contributed by atoms with Crippen molar-refractivity contribution in [3.8, 4) is 0 Å². The first-order valence-corrected chi connectivity index (χ1v) is 15.4. The Balaban J connectivity index is 1.52. The second-order valence-corrected chi connectivity index (χ2v) is 12.3. The summed E-state index contributed by atoms with van der Waals surface area (Å²) >= 11 is 0. The monoisotopic (exact) mass is 613 g/mol. The highest BCUT2D eigenvalue weighted by molar-refractivity contribution is 5.94. The van der Waals surface area contributed by atoms with Gasteiger partial charge in [-0.15, -0.1) is 0 Å². The molecule has 2 aliphatic rings. The number of anilines is 1. The first kappa shape index (κ1) is 33.0. The Morgan fingerprint density at radius 1 is 1.16 bits per heavy atom. The lowest BCUT2D eigenvalue weighted by Crippen LogP contribution is -2.60. The summed E-state index contributed by atoms with van der Waals surface area (Å²) in [4.78, 5) is 55.4. The van der Waals surface area contributed by atoms with E-state index in [1.165, 1.54) is 12.3 Å². The summed E-state index contributed by atoms with van der Waals surface area (Å²) in [7, 11) is 2.00. The number of piperazine rings is 1. The van der Waals surface area contributed by atoms with Gasteiger partial charge < -0.3 is 30.5 Å². The molecule has 3 N–H and O–H groups in total. The molecule has 240 valence electrons. The van der Waals surface area contributed by atoms with E-state index in [2.05, 4.69) is 42.7 Å². The van der Waals surface area contributed by atoms with E-state index in [1.807, 2.05) is 7.05 Å². The fourth-order valence-corrected chi connectivity index (χ4v) is 6.06. The molecule has 12 nitrogen and oxygen atoms in total. The van der Waals surface area contributed by atoms with Crippen molar-refractivity contribution in [3.05, 3.63) is 41.5 Å². The number of amides is 3. The van der Waals surface area contributed by atoms with Crippen LogP contribution in [0.3, 0.4) is 0 Å². The average molecular weight is 614 g/mol. The minimum atomic E-state index is -1.32. The number of nitrogens with zero attached hydrogens (tertiary/aromatic N) is 4. The zero-order valence-electron chi connectivity index (χ0n) is 26.0. The molecular formula is C31H44FN7O5. The first-order valence-electron chi connectivity index (χ1n) is 15.4. The lowest BCUT2D eigenvalue weighted by molar-refractivity contribution is -0.138. The molecule has 44 heavy (non-hydrogen) atoms. The number of aromatic nitrogens is 2. The quantitative estimate of drug-likeness (QED) is 0.307. The number of likely N-dealkylation sites (N-methyl/N-ethyl adjacent to an activating group) is 1. The van der Waals surface area contributed by atoms with Crippen LogP contribution in [0.2, 0.25) is 0 Å². The van der Waals surface area contributed by atoms with Crippen LogP contribution in [-0.4, -0.2) is 95.5 Å². The Kier molecular flexibility index (Phi) is 11.1. The normalized spacial score (nSPS) is 21.9. The summed E-state index contributed by atoms with van der Waals surface area (Å²) < 4.78 is 20.2. The maximum atomic E-state index is 15.6. The molecule has 4 rings (SSSR count). The van der Waals surface area contributed by atoms with E-state index in [0.29, 0.717) is 24.6 Å². The molecule has 13 heteroatoms. The van der Waals surface area contributed by atoms with Crippen LogP contribution in [0.4, 0.5) is 10.1 Å². The zero-order valence-corrected chi connectivity index (χ0v) is 26.0. The minimum Gasteiger partial charge on any atom is -0.380 e. The third-order valence-electron chi connectivity index (χ3n) is 9.20. The SMILES string of the molecule is CCC(=O)N[C@@H](C(=O)N1CCN(C)CC1)[C@@H](C)c1ccc(NC[C@](C=O)(NC(=O)c2cnon2)C2CCC(C)CC2)c(F)c1. The molecule has 1 aliphatic carbocycles. The van der Waals surface area contributed by atoms with Gasteiger partial charge in [0, 0.05) is 45.1 Å². The predicted molar refractivity (Wildman–Crippen MR) is 161 cm³/mol. The summed E-state index contributed by atoms with van der Waals surface area (Å²) in [6.07, 6.45) is 5.39. The van der Waals surface area contributed by atoms with Gasteiger partial charge in [-0.3, -0.25) is 14.4 Å². The van der Waals surface area contributed by atoms with Crippen LogP contribution >= 0.6 is 0 Å². The van der Waals surface area contributed by atoms with Crippen molar-refractivity contribution in [2.75, 3.05) is 45.1 Å². The molecule has 0 bridgehead atoms. The lowest BCUT2D eigenvalue weighted by atomic mass is 9.72. The number of aldehydes is 1. The third-order valence-corrected chi connectivity index (χ3v) is 9.20.